The first-order chi connectivity index (χ1) is 12.9. The second-order valence-electron chi connectivity index (χ2n) is 6.34. The molecule has 7 nitrogen and oxygen atoms in total. The number of benzene rings is 1. The predicted octanol–water partition coefficient (Wildman–Crippen LogP) is 3.70. The summed E-state index contributed by atoms with van der Waals surface area (Å²) in [6, 6.07) is 9.72. The average Bonchev–Trinajstić information content (AvgIpc) is 2.63. The Morgan fingerprint density at radius 1 is 1.04 bits per heavy atom. The monoisotopic (exact) mass is 363 g/mol. The van der Waals surface area contributed by atoms with Crippen molar-refractivity contribution in [3.8, 4) is 11.3 Å². The average molecular weight is 363 g/mol. The van der Waals surface area contributed by atoms with Gasteiger partial charge >= 0.3 is 5.97 Å². The summed E-state index contributed by atoms with van der Waals surface area (Å²) in [5.41, 5.74) is 5.92. The molecule has 0 aliphatic heterocycles. The standard InChI is InChI=1S/C20H21N5O2/c1-12-8-13(2)19(14(3)9-12)24-17-10-16(15-4-6-21-7-5-15)23-20(25-17)22-11-18(26)27/h4-10H,11H2,1-3H3,(H,26,27)(H2,22,23,24,25). The molecule has 138 valence electrons. The van der Waals surface area contributed by atoms with Gasteiger partial charge in [-0.15, -0.1) is 0 Å². The highest BCUT2D eigenvalue weighted by molar-refractivity contribution is 5.73. The molecule has 0 unspecified atom stereocenters. The number of carboxylic acid groups (broad SMARTS) is 1. The molecule has 0 aliphatic carbocycles. The molecule has 1 aromatic carbocycles. The summed E-state index contributed by atoms with van der Waals surface area (Å²) in [7, 11) is 0. The Balaban J connectivity index is 2.01. The SMILES string of the molecule is Cc1cc(C)c(Nc2cc(-c3ccncc3)nc(NCC(=O)O)n2)c(C)c1. The van der Waals surface area contributed by atoms with Crippen molar-refractivity contribution in [1.29, 1.82) is 0 Å². The summed E-state index contributed by atoms with van der Waals surface area (Å²) < 4.78 is 0. The molecule has 0 spiro atoms. The quantitative estimate of drug-likeness (QED) is 0.614. The van der Waals surface area contributed by atoms with Crippen LogP contribution in [0.3, 0.4) is 0 Å². The molecule has 3 N–H and O–H groups in total. The molecule has 0 aliphatic rings. The molecule has 0 saturated carbocycles. The Morgan fingerprint density at radius 3 is 2.33 bits per heavy atom. The number of carbonyl (C=O) groups is 1. The van der Waals surface area contributed by atoms with E-state index in [1.165, 1.54) is 5.56 Å². The van der Waals surface area contributed by atoms with Gasteiger partial charge in [-0.25, -0.2) is 4.98 Å². The predicted molar refractivity (Wildman–Crippen MR) is 105 cm³/mol. The Morgan fingerprint density at radius 2 is 1.70 bits per heavy atom. The van der Waals surface area contributed by atoms with Gasteiger partial charge in [0.05, 0.1) is 5.69 Å². The molecule has 3 aromatic rings. The van der Waals surface area contributed by atoms with Gasteiger partial charge in [-0.05, 0) is 44.0 Å². The number of hydrogen-bond acceptors (Lipinski definition) is 6. The van der Waals surface area contributed by atoms with E-state index in [9.17, 15) is 4.79 Å². The van der Waals surface area contributed by atoms with Crippen molar-refractivity contribution >= 4 is 23.4 Å². The van der Waals surface area contributed by atoms with Crippen molar-refractivity contribution in [3.63, 3.8) is 0 Å². The summed E-state index contributed by atoms with van der Waals surface area (Å²) in [4.78, 5) is 23.7. The van der Waals surface area contributed by atoms with Crippen LogP contribution in [-0.2, 0) is 4.79 Å². The molecule has 0 saturated heterocycles. The minimum atomic E-state index is -0.979. The highest BCUT2D eigenvalue weighted by Gasteiger charge is 2.11. The Labute approximate surface area is 157 Å². The van der Waals surface area contributed by atoms with E-state index < -0.39 is 5.97 Å². The number of aliphatic carboxylic acids is 1. The van der Waals surface area contributed by atoms with Crippen LogP contribution in [0.2, 0.25) is 0 Å². The minimum absolute atomic E-state index is 0.247. The number of pyridine rings is 1. The van der Waals surface area contributed by atoms with Crippen molar-refractivity contribution < 1.29 is 9.90 Å². The molecule has 7 heteroatoms. The molecular weight excluding hydrogens is 342 g/mol. The molecule has 0 fully saturated rings. The van der Waals surface area contributed by atoms with Crippen molar-refractivity contribution in [2.24, 2.45) is 0 Å². The van der Waals surface area contributed by atoms with Gasteiger partial charge < -0.3 is 15.7 Å². The molecule has 0 atom stereocenters. The van der Waals surface area contributed by atoms with Crippen LogP contribution in [-0.4, -0.2) is 32.6 Å². The fourth-order valence-electron chi connectivity index (χ4n) is 2.92. The normalized spacial score (nSPS) is 10.5. The number of anilines is 3. The topological polar surface area (TPSA) is 100 Å². The maximum absolute atomic E-state index is 10.9. The molecule has 0 radical (unpaired) electrons. The van der Waals surface area contributed by atoms with E-state index in [0.717, 1.165) is 22.4 Å². The fraction of sp³-hybridized carbons (Fsp3) is 0.200. The van der Waals surface area contributed by atoms with Crippen molar-refractivity contribution in [2.75, 3.05) is 17.2 Å². The second-order valence-corrected chi connectivity index (χ2v) is 6.34. The molecule has 0 bridgehead atoms. The molecule has 2 aromatic heterocycles. The minimum Gasteiger partial charge on any atom is -0.480 e. The zero-order valence-corrected chi connectivity index (χ0v) is 15.4. The first-order valence-electron chi connectivity index (χ1n) is 8.52. The van der Waals surface area contributed by atoms with Gasteiger partial charge in [0.15, 0.2) is 0 Å². The van der Waals surface area contributed by atoms with Crippen LogP contribution in [0.1, 0.15) is 16.7 Å². The fourth-order valence-corrected chi connectivity index (χ4v) is 2.92. The van der Waals surface area contributed by atoms with Crippen LogP contribution in [0.25, 0.3) is 11.3 Å². The number of hydrogen-bond donors (Lipinski definition) is 3. The van der Waals surface area contributed by atoms with Gasteiger partial charge in [0, 0.05) is 29.7 Å². The third-order valence-corrected chi connectivity index (χ3v) is 4.03. The molecule has 0 amide bonds. The lowest BCUT2D eigenvalue weighted by atomic mass is 10.1. The van der Waals surface area contributed by atoms with E-state index in [-0.39, 0.29) is 12.5 Å². The van der Waals surface area contributed by atoms with Crippen LogP contribution >= 0.6 is 0 Å². The summed E-state index contributed by atoms with van der Waals surface area (Å²) in [5, 5.41) is 15.0. The molecule has 2 heterocycles. The molecular formula is C20H21N5O2. The number of rotatable bonds is 6. The summed E-state index contributed by atoms with van der Waals surface area (Å²) in [6.07, 6.45) is 3.37. The van der Waals surface area contributed by atoms with Crippen LogP contribution in [0, 0.1) is 20.8 Å². The second kappa shape index (κ2) is 7.82. The van der Waals surface area contributed by atoms with E-state index in [1.54, 1.807) is 12.4 Å². The third kappa shape index (κ3) is 4.58. The van der Waals surface area contributed by atoms with Gasteiger partial charge in [-0.1, -0.05) is 17.7 Å². The van der Waals surface area contributed by atoms with Crippen LogP contribution < -0.4 is 10.6 Å². The van der Waals surface area contributed by atoms with Crippen LogP contribution in [0.15, 0.2) is 42.7 Å². The van der Waals surface area contributed by atoms with Crippen LogP contribution in [0.5, 0.6) is 0 Å². The number of aryl methyl sites for hydroxylation is 3. The van der Waals surface area contributed by atoms with Gasteiger partial charge in [0.1, 0.15) is 12.4 Å². The first kappa shape index (κ1) is 18.3. The number of carboxylic acids is 1. The summed E-state index contributed by atoms with van der Waals surface area (Å²) in [5.74, 6) is -0.149. The summed E-state index contributed by atoms with van der Waals surface area (Å²) in [6.45, 7) is 5.87. The van der Waals surface area contributed by atoms with Crippen molar-refractivity contribution in [3.05, 3.63) is 59.4 Å². The molecule has 27 heavy (non-hydrogen) atoms. The third-order valence-electron chi connectivity index (χ3n) is 4.03. The van der Waals surface area contributed by atoms with Gasteiger partial charge in [-0.3, -0.25) is 9.78 Å². The molecule has 3 rings (SSSR count). The summed E-state index contributed by atoms with van der Waals surface area (Å²) >= 11 is 0. The smallest absolute Gasteiger partial charge is 0.322 e. The first-order valence-corrected chi connectivity index (χ1v) is 8.52. The lowest BCUT2D eigenvalue weighted by molar-refractivity contribution is -0.134. The van der Waals surface area contributed by atoms with E-state index >= 15 is 0 Å². The zero-order chi connectivity index (χ0) is 19.4. The van der Waals surface area contributed by atoms with Crippen LogP contribution in [0.4, 0.5) is 17.5 Å². The van der Waals surface area contributed by atoms with Crippen molar-refractivity contribution in [2.45, 2.75) is 20.8 Å². The number of nitrogens with zero attached hydrogens (tertiary/aromatic N) is 3. The maximum Gasteiger partial charge on any atom is 0.322 e. The number of nitrogens with one attached hydrogen (secondary N) is 2. The van der Waals surface area contributed by atoms with E-state index in [2.05, 4.69) is 44.6 Å². The lowest BCUT2D eigenvalue weighted by Gasteiger charge is -2.15. The van der Waals surface area contributed by atoms with Gasteiger partial charge in [0.2, 0.25) is 5.95 Å². The maximum atomic E-state index is 10.9. The van der Waals surface area contributed by atoms with Gasteiger partial charge in [0.25, 0.3) is 0 Å². The Kier molecular flexibility index (Phi) is 5.30. The van der Waals surface area contributed by atoms with Crippen molar-refractivity contribution in [1.82, 2.24) is 15.0 Å². The Bertz CT molecular complexity index is 950. The van der Waals surface area contributed by atoms with E-state index in [1.807, 2.05) is 32.0 Å². The zero-order valence-electron chi connectivity index (χ0n) is 15.4. The van der Waals surface area contributed by atoms with E-state index in [0.29, 0.717) is 11.5 Å². The largest absolute Gasteiger partial charge is 0.480 e. The Hall–Kier alpha value is -3.48. The van der Waals surface area contributed by atoms with Gasteiger partial charge in [-0.2, -0.15) is 4.98 Å². The lowest BCUT2D eigenvalue weighted by Crippen LogP contribution is -2.15. The highest BCUT2D eigenvalue weighted by Crippen LogP contribution is 2.27. The van der Waals surface area contributed by atoms with E-state index in [4.69, 9.17) is 5.11 Å². The number of aromatic nitrogens is 3. The highest BCUT2D eigenvalue weighted by atomic mass is 16.4.